The van der Waals surface area contributed by atoms with E-state index in [0.717, 1.165) is 0 Å². The van der Waals surface area contributed by atoms with E-state index in [9.17, 15) is 12.8 Å². The number of sulfonamides is 1. The van der Waals surface area contributed by atoms with Gasteiger partial charge in [-0.3, -0.25) is 4.31 Å². The monoisotopic (exact) mass is 288 g/mol. The molecule has 0 spiro atoms. The van der Waals surface area contributed by atoms with Crippen LogP contribution in [0.5, 0.6) is 0 Å². The van der Waals surface area contributed by atoms with Crippen LogP contribution in [0.15, 0.2) is 24.3 Å². The minimum atomic E-state index is -3.39. The summed E-state index contributed by atoms with van der Waals surface area (Å²) in [6.07, 6.45) is 0. The van der Waals surface area contributed by atoms with Crippen LogP contribution in [0, 0.1) is 5.82 Å². The number of hydrogen-bond acceptors (Lipinski definition) is 3. The van der Waals surface area contributed by atoms with Gasteiger partial charge in [0.15, 0.2) is 0 Å². The summed E-state index contributed by atoms with van der Waals surface area (Å²) in [7, 11) is -3.39. The quantitative estimate of drug-likeness (QED) is 0.834. The minimum Gasteiger partial charge on any atom is -0.313 e. The Morgan fingerprint density at radius 3 is 2.32 bits per heavy atom. The van der Waals surface area contributed by atoms with Gasteiger partial charge in [0.2, 0.25) is 10.0 Å². The lowest BCUT2D eigenvalue weighted by molar-refractivity contribution is 0.574. The fourth-order valence-electron chi connectivity index (χ4n) is 1.73. The molecule has 1 rings (SSSR count). The van der Waals surface area contributed by atoms with Crippen molar-refractivity contribution in [3.63, 3.8) is 0 Å². The maximum atomic E-state index is 12.9. The lowest BCUT2D eigenvalue weighted by atomic mass is 10.3. The lowest BCUT2D eigenvalue weighted by Gasteiger charge is -2.23. The van der Waals surface area contributed by atoms with Crippen molar-refractivity contribution in [2.24, 2.45) is 0 Å². The molecule has 4 nitrogen and oxygen atoms in total. The molecule has 0 aliphatic carbocycles. The smallest absolute Gasteiger partial charge is 0.236 e. The summed E-state index contributed by atoms with van der Waals surface area (Å²) in [6, 6.07) is 5.73. The standard InChI is InChI=1S/C13H21FN2O2S/c1-4-16(13-7-5-12(14)6-8-13)19(17,18)10-9-15-11(2)3/h5-8,11,15H,4,9-10H2,1-3H3. The number of nitrogens with one attached hydrogen (secondary N) is 1. The molecule has 19 heavy (non-hydrogen) atoms. The molecule has 0 amide bonds. The van der Waals surface area contributed by atoms with Crippen LogP contribution in [0.3, 0.4) is 0 Å². The summed E-state index contributed by atoms with van der Waals surface area (Å²) in [4.78, 5) is 0. The first kappa shape index (κ1) is 15.9. The van der Waals surface area contributed by atoms with E-state index < -0.39 is 10.0 Å². The predicted molar refractivity (Wildman–Crippen MR) is 76.3 cm³/mol. The van der Waals surface area contributed by atoms with Crippen LogP contribution in [0.4, 0.5) is 10.1 Å². The Hall–Kier alpha value is -1.14. The van der Waals surface area contributed by atoms with Crippen molar-refractivity contribution in [2.45, 2.75) is 26.8 Å². The fraction of sp³-hybridized carbons (Fsp3) is 0.538. The number of nitrogens with zero attached hydrogens (tertiary/aromatic N) is 1. The maximum absolute atomic E-state index is 12.9. The van der Waals surface area contributed by atoms with Gasteiger partial charge in [0, 0.05) is 19.1 Å². The first-order chi connectivity index (χ1) is 8.86. The third-order valence-electron chi connectivity index (χ3n) is 2.65. The van der Waals surface area contributed by atoms with Crippen molar-refractivity contribution in [2.75, 3.05) is 23.1 Å². The van der Waals surface area contributed by atoms with Crippen molar-refractivity contribution in [3.8, 4) is 0 Å². The summed E-state index contributed by atoms with van der Waals surface area (Å²) in [5, 5.41) is 3.08. The van der Waals surface area contributed by atoms with Gasteiger partial charge in [-0.15, -0.1) is 0 Å². The minimum absolute atomic E-state index is 0.0242. The van der Waals surface area contributed by atoms with Crippen LogP contribution in [0.2, 0.25) is 0 Å². The summed E-state index contributed by atoms with van der Waals surface area (Å²) in [5.41, 5.74) is 0.494. The van der Waals surface area contributed by atoms with Crippen LogP contribution < -0.4 is 9.62 Å². The molecule has 0 saturated carbocycles. The molecule has 0 aliphatic rings. The molecule has 0 unspecified atom stereocenters. The van der Waals surface area contributed by atoms with Gasteiger partial charge in [0.1, 0.15) is 5.82 Å². The zero-order valence-electron chi connectivity index (χ0n) is 11.6. The predicted octanol–water partition coefficient (Wildman–Crippen LogP) is 1.98. The molecule has 0 radical (unpaired) electrons. The Labute approximate surface area is 114 Å². The van der Waals surface area contributed by atoms with E-state index in [1.807, 2.05) is 13.8 Å². The summed E-state index contributed by atoms with van der Waals surface area (Å²) in [6.45, 7) is 6.42. The van der Waals surface area contributed by atoms with E-state index in [4.69, 9.17) is 0 Å². The third-order valence-corrected chi connectivity index (χ3v) is 4.51. The van der Waals surface area contributed by atoms with Gasteiger partial charge in [0.05, 0.1) is 11.4 Å². The van der Waals surface area contributed by atoms with Gasteiger partial charge >= 0.3 is 0 Å². The molecular formula is C13H21FN2O2S. The second kappa shape index (κ2) is 6.86. The van der Waals surface area contributed by atoms with Crippen LogP contribution in [0.1, 0.15) is 20.8 Å². The molecule has 0 bridgehead atoms. The van der Waals surface area contributed by atoms with Crippen molar-refractivity contribution in [1.82, 2.24) is 5.32 Å². The molecule has 0 heterocycles. The Morgan fingerprint density at radius 2 is 1.84 bits per heavy atom. The van der Waals surface area contributed by atoms with Gasteiger partial charge < -0.3 is 5.32 Å². The van der Waals surface area contributed by atoms with E-state index in [-0.39, 0.29) is 17.6 Å². The van der Waals surface area contributed by atoms with Crippen LogP contribution in [0.25, 0.3) is 0 Å². The topological polar surface area (TPSA) is 49.4 Å². The third kappa shape index (κ3) is 4.80. The maximum Gasteiger partial charge on any atom is 0.236 e. The molecule has 1 aromatic rings. The molecule has 1 aromatic carbocycles. The number of rotatable bonds is 7. The van der Waals surface area contributed by atoms with Gasteiger partial charge in [0.25, 0.3) is 0 Å². The van der Waals surface area contributed by atoms with E-state index in [1.54, 1.807) is 6.92 Å². The Bertz CT molecular complexity index is 486. The number of benzene rings is 1. The van der Waals surface area contributed by atoms with E-state index >= 15 is 0 Å². The van der Waals surface area contributed by atoms with Gasteiger partial charge in [-0.1, -0.05) is 13.8 Å². The summed E-state index contributed by atoms with van der Waals surface area (Å²) >= 11 is 0. The molecule has 0 fully saturated rings. The molecular weight excluding hydrogens is 267 g/mol. The molecule has 6 heteroatoms. The first-order valence-corrected chi connectivity index (χ1v) is 7.97. The van der Waals surface area contributed by atoms with E-state index in [2.05, 4.69) is 5.32 Å². The highest BCUT2D eigenvalue weighted by Gasteiger charge is 2.20. The van der Waals surface area contributed by atoms with Gasteiger partial charge in [-0.25, -0.2) is 12.8 Å². The Balaban J connectivity index is 2.80. The lowest BCUT2D eigenvalue weighted by Crippen LogP contribution is -2.37. The summed E-state index contributed by atoms with van der Waals surface area (Å²) < 4.78 is 38.6. The number of anilines is 1. The molecule has 1 N–H and O–H groups in total. The molecule has 0 aromatic heterocycles. The van der Waals surface area contributed by atoms with E-state index in [0.29, 0.717) is 18.8 Å². The first-order valence-electron chi connectivity index (χ1n) is 6.36. The molecule has 108 valence electrons. The average molecular weight is 288 g/mol. The SMILES string of the molecule is CCN(c1ccc(F)cc1)S(=O)(=O)CCNC(C)C. The van der Waals surface area contributed by atoms with Gasteiger partial charge in [-0.05, 0) is 31.2 Å². The summed E-state index contributed by atoms with van der Waals surface area (Å²) in [5.74, 6) is -0.352. The highest BCUT2D eigenvalue weighted by Crippen LogP contribution is 2.18. The Kier molecular flexibility index (Phi) is 5.75. The zero-order chi connectivity index (χ0) is 14.5. The molecule has 0 aliphatic heterocycles. The second-order valence-corrected chi connectivity index (χ2v) is 6.58. The van der Waals surface area contributed by atoms with Crippen molar-refractivity contribution in [3.05, 3.63) is 30.1 Å². The largest absolute Gasteiger partial charge is 0.313 e. The van der Waals surface area contributed by atoms with Crippen molar-refractivity contribution in [1.29, 1.82) is 0 Å². The van der Waals surface area contributed by atoms with Gasteiger partial charge in [-0.2, -0.15) is 0 Å². The van der Waals surface area contributed by atoms with Crippen LogP contribution in [-0.2, 0) is 10.0 Å². The second-order valence-electron chi connectivity index (χ2n) is 4.57. The molecule has 0 atom stereocenters. The van der Waals surface area contributed by atoms with Crippen molar-refractivity contribution >= 4 is 15.7 Å². The number of halogens is 1. The highest BCUT2D eigenvalue weighted by molar-refractivity contribution is 7.92. The zero-order valence-corrected chi connectivity index (χ0v) is 12.4. The normalized spacial score (nSPS) is 11.8. The highest BCUT2D eigenvalue weighted by atomic mass is 32.2. The molecule has 0 saturated heterocycles. The fourth-order valence-corrected chi connectivity index (χ4v) is 3.17. The Morgan fingerprint density at radius 1 is 1.26 bits per heavy atom. The van der Waals surface area contributed by atoms with Crippen molar-refractivity contribution < 1.29 is 12.8 Å². The number of hydrogen-bond donors (Lipinski definition) is 1. The van der Waals surface area contributed by atoms with Crippen LogP contribution >= 0.6 is 0 Å². The van der Waals surface area contributed by atoms with E-state index in [1.165, 1.54) is 28.6 Å². The van der Waals surface area contributed by atoms with Crippen LogP contribution in [-0.4, -0.2) is 33.3 Å². The average Bonchev–Trinajstić information content (AvgIpc) is 2.31.